The van der Waals surface area contributed by atoms with Crippen molar-refractivity contribution in [2.75, 3.05) is 24.7 Å². The quantitative estimate of drug-likeness (QED) is 0.417. The number of aryl methyl sites for hydroxylation is 1. The summed E-state index contributed by atoms with van der Waals surface area (Å²) in [5.41, 5.74) is 1.60. The number of nitrogens with zero attached hydrogens (tertiary/aromatic N) is 2. The number of carbonyl (C=O) groups is 1. The van der Waals surface area contributed by atoms with Gasteiger partial charge in [-0.05, 0) is 44.0 Å². The molecule has 0 radical (unpaired) electrons. The van der Waals surface area contributed by atoms with E-state index in [0.29, 0.717) is 17.0 Å². The molecule has 0 aliphatic heterocycles. The first-order valence-electron chi connectivity index (χ1n) is 9.81. The Bertz CT molecular complexity index is 933. The zero-order valence-electron chi connectivity index (χ0n) is 17.6. The molecule has 0 amide bonds. The molecule has 0 saturated carbocycles. The molecule has 30 heavy (non-hydrogen) atoms. The maximum Gasteiger partial charge on any atom is 0.337 e. The van der Waals surface area contributed by atoms with Gasteiger partial charge in [-0.2, -0.15) is 5.10 Å². The van der Waals surface area contributed by atoms with Crippen LogP contribution in [-0.4, -0.2) is 46.4 Å². The fraction of sp³-hybridized carbons (Fsp3) is 0.476. The molecule has 0 saturated heterocycles. The standard InChI is InChI=1S/C21H28ClN3O4S/c1-5-6-14-9-15(21(28)29-4)7-8-18(14)30-12-16(26)10-23-17-11-24-25(13(2)3)20(27)19(17)22/h7-9,11,13,16,23,26H,5-6,10,12H2,1-4H3. The maximum absolute atomic E-state index is 12.2. The van der Waals surface area contributed by atoms with Gasteiger partial charge < -0.3 is 15.2 Å². The minimum Gasteiger partial charge on any atom is -0.465 e. The fourth-order valence-electron chi connectivity index (χ4n) is 2.84. The van der Waals surface area contributed by atoms with E-state index in [1.165, 1.54) is 29.8 Å². The lowest BCUT2D eigenvalue weighted by Gasteiger charge is -2.16. The Morgan fingerprint density at radius 1 is 1.40 bits per heavy atom. The number of halogens is 1. The van der Waals surface area contributed by atoms with Crippen LogP contribution in [0, 0.1) is 0 Å². The number of aromatic nitrogens is 2. The van der Waals surface area contributed by atoms with Crippen LogP contribution < -0.4 is 10.9 Å². The number of nitrogens with one attached hydrogen (secondary N) is 1. The highest BCUT2D eigenvalue weighted by Crippen LogP contribution is 2.26. The number of hydrogen-bond acceptors (Lipinski definition) is 7. The summed E-state index contributed by atoms with van der Waals surface area (Å²) in [6, 6.07) is 5.37. The van der Waals surface area contributed by atoms with Crippen LogP contribution in [0.3, 0.4) is 0 Å². The SMILES string of the molecule is CCCc1cc(C(=O)OC)ccc1SCC(O)CNc1cnn(C(C)C)c(=O)c1Cl. The number of anilines is 1. The third kappa shape index (κ3) is 6.23. The first-order chi connectivity index (χ1) is 14.3. The monoisotopic (exact) mass is 453 g/mol. The number of aliphatic hydroxyl groups is 1. The van der Waals surface area contributed by atoms with E-state index in [9.17, 15) is 14.7 Å². The van der Waals surface area contributed by atoms with Gasteiger partial charge >= 0.3 is 5.97 Å². The minimum absolute atomic E-state index is 0.0576. The topological polar surface area (TPSA) is 93.4 Å². The molecule has 1 unspecified atom stereocenters. The largest absolute Gasteiger partial charge is 0.465 e. The molecule has 0 aliphatic rings. The van der Waals surface area contributed by atoms with Gasteiger partial charge in [-0.15, -0.1) is 11.8 Å². The van der Waals surface area contributed by atoms with E-state index in [1.807, 2.05) is 26.0 Å². The Kier molecular flexibility index (Phi) is 9.20. The predicted molar refractivity (Wildman–Crippen MR) is 121 cm³/mol. The van der Waals surface area contributed by atoms with Crippen molar-refractivity contribution in [1.29, 1.82) is 0 Å². The molecule has 2 aromatic rings. The first-order valence-corrected chi connectivity index (χ1v) is 11.2. The van der Waals surface area contributed by atoms with Gasteiger partial charge in [-0.1, -0.05) is 24.9 Å². The molecule has 2 N–H and O–H groups in total. The van der Waals surface area contributed by atoms with Crippen molar-refractivity contribution in [3.8, 4) is 0 Å². The molecule has 7 nitrogen and oxygen atoms in total. The molecule has 0 aliphatic carbocycles. The Labute approximate surface area is 185 Å². The van der Waals surface area contributed by atoms with Gasteiger partial charge in [0, 0.05) is 17.2 Å². The van der Waals surface area contributed by atoms with Gasteiger partial charge in [-0.3, -0.25) is 4.79 Å². The van der Waals surface area contributed by atoms with Crippen LogP contribution in [0.1, 0.15) is 49.2 Å². The van der Waals surface area contributed by atoms with Gasteiger partial charge in [0.25, 0.3) is 5.56 Å². The number of hydrogen-bond donors (Lipinski definition) is 2. The molecule has 2 rings (SSSR count). The summed E-state index contributed by atoms with van der Waals surface area (Å²) in [7, 11) is 1.36. The smallest absolute Gasteiger partial charge is 0.337 e. The normalized spacial score (nSPS) is 12.1. The lowest BCUT2D eigenvalue weighted by Crippen LogP contribution is -2.27. The van der Waals surface area contributed by atoms with Gasteiger partial charge in [0.2, 0.25) is 0 Å². The van der Waals surface area contributed by atoms with E-state index >= 15 is 0 Å². The molecule has 1 atom stereocenters. The van der Waals surface area contributed by atoms with Gasteiger partial charge in [0.05, 0.1) is 36.7 Å². The minimum atomic E-state index is -0.673. The second-order valence-electron chi connectivity index (χ2n) is 7.13. The number of carbonyl (C=O) groups excluding carboxylic acids is 1. The van der Waals surface area contributed by atoms with Crippen molar-refractivity contribution in [3.63, 3.8) is 0 Å². The van der Waals surface area contributed by atoms with Crippen LogP contribution in [0.4, 0.5) is 5.69 Å². The number of ether oxygens (including phenoxy) is 1. The molecule has 1 aromatic carbocycles. The summed E-state index contributed by atoms with van der Waals surface area (Å²) in [5.74, 6) is 0.0769. The second kappa shape index (κ2) is 11.4. The van der Waals surface area contributed by atoms with Crippen molar-refractivity contribution in [3.05, 3.63) is 50.9 Å². The van der Waals surface area contributed by atoms with E-state index in [-0.39, 0.29) is 29.1 Å². The molecular formula is C21H28ClN3O4S. The third-order valence-corrected chi connectivity index (χ3v) is 6.02. The summed E-state index contributed by atoms with van der Waals surface area (Å²) in [5, 5.41) is 17.5. The average Bonchev–Trinajstić information content (AvgIpc) is 2.73. The lowest BCUT2D eigenvalue weighted by atomic mass is 10.1. The van der Waals surface area contributed by atoms with Crippen molar-refractivity contribution in [2.45, 2.75) is 50.7 Å². The Hall–Kier alpha value is -2.03. The highest BCUT2D eigenvalue weighted by molar-refractivity contribution is 7.99. The predicted octanol–water partition coefficient (Wildman–Crippen LogP) is 3.78. The summed E-state index contributed by atoms with van der Waals surface area (Å²) < 4.78 is 6.10. The summed E-state index contributed by atoms with van der Waals surface area (Å²) in [4.78, 5) is 25.0. The molecule has 0 spiro atoms. The maximum atomic E-state index is 12.2. The Morgan fingerprint density at radius 3 is 2.77 bits per heavy atom. The fourth-order valence-corrected chi connectivity index (χ4v) is 4.04. The summed E-state index contributed by atoms with van der Waals surface area (Å²) in [6.45, 7) is 6.00. The Balaban J connectivity index is 1.99. The Morgan fingerprint density at radius 2 is 2.13 bits per heavy atom. The third-order valence-electron chi connectivity index (χ3n) is 4.39. The average molecular weight is 454 g/mol. The van der Waals surface area contributed by atoms with Crippen LogP contribution in [0.5, 0.6) is 0 Å². The number of methoxy groups -OCH3 is 1. The number of thioether (sulfide) groups is 1. The molecule has 164 valence electrons. The highest BCUT2D eigenvalue weighted by atomic mass is 35.5. The molecule has 1 aromatic heterocycles. The van der Waals surface area contributed by atoms with Gasteiger partial charge in [0.15, 0.2) is 0 Å². The number of rotatable bonds is 10. The number of esters is 1. The summed E-state index contributed by atoms with van der Waals surface area (Å²) in [6.07, 6.45) is 2.59. The van der Waals surface area contributed by atoms with Crippen molar-refractivity contribution in [1.82, 2.24) is 9.78 Å². The molecule has 0 fully saturated rings. The van der Waals surface area contributed by atoms with Crippen LogP contribution in [0.15, 0.2) is 34.1 Å². The van der Waals surface area contributed by atoms with E-state index in [0.717, 1.165) is 23.3 Å². The van der Waals surface area contributed by atoms with Crippen molar-refractivity contribution < 1.29 is 14.6 Å². The van der Waals surface area contributed by atoms with Crippen LogP contribution in [0.2, 0.25) is 5.02 Å². The molecule has 9 heteroatoms. The first kappa shape index (κ1) is 24.2. The van der Waals surface area contributed by atoms with Crippen LogP contribution in [0.25, 0.3) is 0 Å². The van der Waals surface area contributed by atoms with Crippen LogP contribution >= 0.6 is 23.4 Å². The lowest BCUT2D eigenvalue weighted by molar-refractivity contribution is 0.0600. The highest BCUT2D eigenvalue weighted by Gasteiger charge is 2.14. The van der Waals surface area contributed by atoms with Crippen molar-refractivity contribution in [2.24, 2.45) is 0 Å². The summed E-state index contributed by atoms with van der Waals surface area (Å²) >= 11 is 7.66. The van der Waals surface area contributed by atoms with Gasteiger partial charge in [-0.25, -0.2) is 9.48 Å². The zero-order valence-corrected chi connectivity index (χ0v) is 19.2. The van der Waals surface area contributed by atoms with E-state index < -0.39 is 6.10 Å². The van der Waals surface area contributed by atoms with Crippen LogP contribution in [-0.2, 0) is 11.2 Å². The number of aliphatic hydroxyl groups excluding tert-OH is 1. The second-order valence-corrected chi connectivity index (χ2v) is 8.57. The van der Waals surface area contributed by atoms with E-state index in [1.54, 1.807) is 6.07 Å². The van der Waals surface area contributed by atoms with Crippen molar-refractivity contribution >= 4 is 35.0 Å². The molecule has 1 heterocycles. The van der Waals surface area contributed by atoms with E-state index in [4.69, 9.17) is 16.3 Å². The molecule has 0 bridgehead atoms. The zero-order chi connectivity index (χ0) is 22.3. The van der Waals surface area contributed by atoms with Gasteiger partial charge in [0.1, 0.15) is 5.02 Å². The molecular weight excluding hydrogens is 426 g/mol. The van der Waals surface area contributed by atoms with E-state index in [2.05, 4.69) is 17.3 Å². The number of benzene rings is 1.